The van der Waals surface area contributed by atoms with Crippen molar-refractivity contribution in [1.82, 2.24) is 20.7 Å². The smallest absolute Gasteiger partial charge is 0.264 e. The van der Waals surface area contributed by atoms with Crippen molar-refractivity contribution in [3.63, 3.8) is 0 Å². The Morgan fingerprint density at radius 1 is 1.26 bits per heavy atom. The van der Waals surface area contributed by atoms with Gasteiger partial charge in [-0.1, -0.05) is 11.6 Å². The number of hydrazine groups is 1. The van der Waals surface area contributed by atoms with Crippen molar-refractivity contribution in [1.29, 1.82) is 0 Å². The Balaban J connectivity index is 1.81. The number of carbonyl (C=O) groups is 5. The van der Waals surface area contributed by atoms with Crippen molar-refractivity contribution in [2.75, 3.05) is 6.54 Å². The minimum absolute atomic E-state index is 0.00769. The van der Waals surface area contributed by atoms with Crippen LogP contribution < -0.4 is 10.6 Å². The average molecular weight is 455 g/mol. The molecular weight excluding hydrogens is 431 g/mol. The molecule has 0 aromatic carbocycles. The molecule has 0 bridgehead atoms. The Bertz CT molecular complexity index is 874. The van der Waals surface area contributed by atoms with Crippen LogP contribution in [0.5, 0.6) is 0 Å². The zero-order valence-corrected chi connectivity index (χ0v) is 17.8. The summed E-state index contributed by atoms with van der Waals surface area (Å²) >= 11 is 5.77. The predicted molar refractivity (Wildman–Crippen MR) is 108 cm³/mol. The second-order valence-corrected chi connectivity index (χ2v) is 8.19. The van der Waals surface area contributed by atoms with Crippen LogP contribution in [-0.4, -0.2) is 64.6 Å². The number of nitrogens with zero attached hydrogens (tertiary/aromatic N) is 2. The van der Waals surface area contributed by atoms with Crippen molar-refractivity contribution in [2.24, 2.45) is 0 Å². The topological polar surface area (TPSA) is 116 Å². The molecule has 31 heavy (non-hydrogen) atoms. The molecule has 3 aliphatic rings. The van der Waals surface area contributed by atoms with E-state index < -0.39 is 41.7 Å². The molecule has 2 fully saturated rings. The van der Waals surface area contributed by atoms with E-state index >= 15 is 0 Å². The molecule has 0 saturated carbocycles. The molecule has 3 rings (SSSR count). The van der Waals surface area contributed by atoms with Crippen LogP contribution >= 0.6 is 11.6 Å². The lowest BCUT2D eigenvalue weighted by atomic mass is 10.0. The van der Waals surface area contributed by atoms with Crippen molar-refractivity contribution < 1.29 is 28.4 Å². The van der Waals surface area contributed by atoms with Crippen molar-refractivity contribution in [3.05, 3.63) is 22.5 Å². The van der Waals surface area contributed by atoms with Gasteiger partial charge in [0, 0.05) is 25.0 Å². The van der Waals surface area contributed by atoms with Crippen LogP contribution in [-0.2, 0) is 24.0 Å². The number of carbonyl (C=O) groups excluding carboxylic acids is 5. The summed E-state index contributed by atoms with van der Waals surface area (Å²) in [5.74, 6) is -2.52. The van der Waals surface area contributed by atoms with Crippen LogP contribution in [0.25, 0.3) is 0 Å². The third kappa shape index (κ3) is 4.95. The molecule has 11 heteroatoms. The average Bonchev–Trinajstić information content (AvgIpc) is 2.87. The fraction of sp³-hybridized carbons (Fsp3) is 0.550. The molecule has 4 amide bonds. The molecule has 2 heterocycles. The molecule has 0 unspecified atom stereocenters. The molecule has 9 nitrogen and oxygen atoms in total. The normalized spacial score (nSPS) is 25.3. The summed E-state index contributed by atoms with van der Waals surface area (Å²) in [5.41, 5.74) is 0.236. The van der Waals surface area contributed by atoms with Gasteiger partial charge in [-0.2, -0.15) is 0 Å². The van der Waals surface area contributed by atoms with Crippen LogP contribution in [0.15, 0.2) is 22.5 Å². The summed E-state index contributed by atoms with van der Waals surface area (Å²) in [5, 5.41) is 7.34. The Labute approximate surface area is 183 Å². The summed E-state index contributed by atoms with van der Waals surface area (Å²) in [6.45, 7) is 1.79. The Hall–Kier alpha value is -2.75. The third-order valence-electron chi connectivity index (χ3n) is 5.51. The van der Waals surface area contributed by atoms with Gasteiger partial charge in [0.25, 0.3) is 5.91 Å². The zero-order chi connectivity index (χ0) is 22.7. The first-order valence-corrected chi connectivity index (χ1v) is 10.5. The Morgan fingerprint density at radius 3 is 2.68 bits per heavy atom. The first-order valence-electron chi connectivity index (χ1n) is 10.2. The van der Waals surface area contributed by atoms with Crippen LogP contribution in [0.4, 0.5) is 4.39 Å². The zero-order valence-electron chi connectivity index (χ0n) is 17.0. The maximum Gasteiger partial charge on any atom is 0.264 e. The minimum Gasteiger partial charge on any atom is -0.345 e. The first-order chi connectivity index (χ1) is 14.7. The van der Waals surface area contributed by atoms with Gasteiger partial charge in [-0.05, 0) is 38.7 Å². The Kier molecular flexibility index (Phi) is 7.09. The molecule has 0 spiro atoms. The fourth-order valence-electron chi connectivity index (χ4n) is 3.86. The van der Waals surface area contributed by atoms with Crippen LogP contribution in [0.3, 0.4) is 0 Å². The van der Waals surface area contributed by atoms with E-state index in [2.05, 4.69) is 10.6 Å². The van der Waals surface area contributed by atoms with Gasteiger partial charge in [0.2, 0.25) is 17.7 Å². The number of fused-ring (bicyclic) bond motifs is 1. The standard InChI is InChI=1S/C20H24ClFN4O5/c1-11(10-27)23-19(30)16-3-2-8-25-17(28)7-6-15(20(31)26(16)25)24-18(29)12-4-5-14(22)13(21)9-12/h9-11,15-16H,2-8H2,1H3,(H,23,30)(H,24,29)/t11-,15-,16-/m0/s1. The third-order valence-corrected chi connectivity index (χ3v) is 5.82. The highest BCUT2D eigenvalue weighted by Crippen LogP contribution is 2.28. The highest BCUT2D eigenvalue weighted by atomic mass is 35.5. The number of allylic oxidation sites excluding steroid dienone is 3. The van der Waals surface area contributed by atoms with E-state index in [1.807, 2.05) is 0 Å². The molecule has 1 aliphatic carbocycles. The monoisotopic (exact) mass is 454 g/mol. The van der Waals surface area contributed by atoms with Gasteiger partial charge in [-0.25, -0.2) is 9.40 Å². The van der Waals surface area contributed by atoms with Gasteiger partial charge in [-0.3, -0.25) is 24.2 Å². The first kappa shape index (κ1) is 22.9. The number of halogens is 2. The van der Waals surface area contributed by atoms with Gasteiger partial charge < -0.3 is 15.4 Å². The number of amides is 4. The van der Waals surface area contributed by atoms with Gasteiger partial charge in [0.05, 0.1) is 11.1 Å². The number of hydrogen-bond acceptors (Lipinski definition) is 5. The van der Waals surface area contributed by atoms with Crippen LogP contribution in [0.2, 0.25) is 0 Å². The molecule has 2 aliphatic heterocycles. The number of nitrogens with one attached hydrogen (secondary N) is 2. The van der Waals surface area contributed by atoms with E-state index in [1.165, 1.54) is 18.0 Å². The molecule has 2 N–H and O–H groups in total. The van der Waals surface area contributed by atoms with Gasteiger partial charge in [0.1, 0.15) is 24.2 Å². The SMILES string of the molecule is C[C@@H](C=O)NC(=O)[C@@H]1CCCN2C(=O)CC[C@H](NC(=O)C3=CC(Cl)=C(F)CC3)C(=O)N12. The second-order valence-electron chi connectivity index (χ2n) is 7.78. The lowest BCUT2D eigenvalue weighted by Crippen LogP contribution is -2.64. The summed E-state index contributed by atoms with van der Waals surface area (Å²) < 4.78 is 13.5. The number of aldehydes is 1. The maximum atomic E-state index is 13.5. The number of hydrogen-bond donors (Lipinski definition) is 2. The van der Waals surface area contributed by atoms with Crippen molar-refractivity contribution in [3.8, 4) is 0 Å². The highest BCUT2D eigenvalue weighted by molar-refractivity contribution is 6.32. The van der Waals surface area contributed by atoms with E-state index in [0.29, 0.717) is 19.1 Å². The van der Waals surface area contributed by atoms with Crippen LogP contribution in [0.1, 0.15) is 45.4 Å². The molecule has 0 radical (unpaired) electrons. The quantitative estimate of drug-likeness (QED) is 0.597. The van der Waals surface area contributed by atoms with Crippen molar-refractivity contribution >= 4 is 41.5 Å². The van der Waals surface area contributed by atoms with Crippen LogP contribution in [0, 0.1) is 0 Å². The van der Waals surface area contributed by atoms with Gasteiger partial charge in [-0.15, -0.1) is 0 Å². The van der Waals surface area contributed by atoms with E-state index in [0.717, 1.165) is 5.01 Å². The molecule has 3 atom stereocenters. The molecular formula is C20H24ClFN4O5. The maximum absolute atomic E-state index is 13.5. The van der Waals surface area contributed by atoms with E-state index in [1.54, 1.807) is 0 Å². The number of rotatable bonds is 5. The molecule has 2 saturated heterocycles. The fourth-order valence-corrected chi connectivity index (χ4v) is 4.08. The summed E-state index contributed by atoms with van der Waals surface area (Å²) in [6.07, 6.45) is 2.84. The second kappa shape index (κ2) is 9.59. The molecule has 0 aromatic heterocycles. The molecule has 168 valence electrons. The minimum atomic E-state index is -1.03. The summed E-state index contributed by atoms with van der Waals surface area (Å²) in [7, 11) is 0. The Morgan fingerprint density at radius 2 is 2.00 bits per heavy atom. The van der Waals surface area contributed by atoms with Gasteiger partial charge >= 0.3 is 0 Å². The molecule has 0 aromatic rings. The predicted octanol–water partition coefficient (Wildman–Crippen LogP) is 0.843. The van der Waals surface area contributed by atoms with Crippen molar-refractivity contribution in [2.45, 2.75) is 63.6 Å². The summed E-state index contributed by atoms with van der Waals surface area (Å²) in [4.78, 5) is 62.1. The summed E-state index contributed by atoms with van der Waals surface area (Å²) in [6, 6.07) is -2.74. The van der Waals surface area contributed by atoms with E-state index in [9.17, 15) is 28.4 Å². The van der Waals surface area contributed by atoms with E-state index in [-0.39, 0.29) is 48.7 Å². The largest absolute Gasteiger partial charge is 0.345 e. The highest BCUT2D eigenvalue weighted by Gasteiger charge is 2.44. The lowest BCUT2D eigenvalue weighted by Gasteiger charge is -2.43. The lowest BCUT2D eigenvalue weighted by molar-refractivity contribution is -0.176. The van der Waals surface area contributed by atoms with E-state index in [4.69, 9.17) is 11.6 Å². The van der Waals surface area contributed by atoms with Gasteiger partial charge in [0.15, 0.2) is 0 Å².